The summed E-state index contributed by atoms with van der Waals surface area (Å²) >= 11 is 0. The molecule has 2 aliphatic rings. The SMILES string of the molecule is COC(C)C.COCCCN(C)C.COCCN1CCOCC1.COCN1CCOCC1. The Bertz CT molecular complexity index is 337. The fourth-order valence-corrected chi connectivity index (χ4v) is 2.48. The van der Waals surface area contributed by atoms with Crippen LogP contribution in [0.5, 0.6) is 0 Å². The Balaban J connectivity index is 0. The summed E-state index contributed by atoms with van der Waals surface area (Å²) in [6, 6.07) is 0. The highest BCUT2D eigenvalue weighted by atomic mass is 16.5. The Kier molecular flexibility index (Phi) is 28.4. The van der Waals surface area contributed by atoms with E-state index in [1.165, 1.54) is 0 Å². The van der Waals surface area contributed by atoms with Crippen molar-refractivity contribution >= 4 is 0 Å². The van der Waals surface area contributed by atoms with Gasteiger partial charge in [-0.1, -0.05) is 0 Å². The molecule has 0 amide bonds. The second kappa shape index (κ2) is 26.9. The van der Waals surface area contributed by atoms with Gasteiger partial charge in [-0.2, -0.15) is 0 Å². The summed E-state index contributed by atoms with van der Waals surface area (Å²) in [5.74, 6) is 0. The predicted octanol–water partition coefficient (Wildman–Crippen LogP) is 1.51. The number of hydrogen-bond acceptors (Lipinski definition) is 9. The first-order chi connectivity index (χ1) is 15.4. The number of rotatable bonds is 10. The lowest BCUT2D eigenvalue weighted by Gasteiger charge is -2.25. The molecule has 0 aromatic heterocycles. The molecule has 2 fully saturated rings. The van der Waals surface area contributed by atoms with Crippen LogP contribution < -0.4 is 0 Å². The van der Waals surface area contributed by atoms with Crippen molar-refractivity contribution in [3.63, 3.8) is 0 Å². The first-order valence-electron chi connectivity index (χ1n) is 11.7. The lowest BCUT2D eigenvalue weighted by molar-refractivity contribution is -0.0178. The summed E-state index contributed by atoms with van der Waals surface area (Å²) < 4.78 is 29.9. The van der Waals surface area contributed by atoms with Crippen molar-refractivity contribution in [2.45, 2.75) is 26.4 Å². The van der Waals surface area contributed by atoms with Crippen LogP contribution in [-0.4, -0.2) is 149 Å². The molecular formula is C23H53N3O6. The van der Waals surface area contributed by atoms with E-state index in [-0.39, 0.29) is 0 Å². The van der Waals surface area contributed by atoms with Gasteiger partial charge in [0.2, 0.25) is 0 Å². The molecule has 9 heteroatoms. The van der Waals surface area contributed by atoms with E-state index < -0.39 is 0 Å². The van der Waals surface area contributed by atoms with E-state index in [2.05, 4.69) is 28.8 Å². The fraction of sp³-hybridized carbons (Fsp3) is 1.00. The van der Waals surface area contributed by atoms with E-state index in [4.69, 9.17) is 28.4 Å². The van der Waals surface area contributed by atoms with Crippen LogP contribution in [0, 0.1) is 0 Å². The van der Waals surface area contributed by atoms with Gasteiger partial charge in [0.05, 0.1) is 45.9 Å². The zero-order chi connectivity index (χ0) is 24.5. The molecule has 196 valence electrons. The lowest BCUT2D eigenvalue weighted by Crippen LogP contribution is -2.38. The Hall–Kier alpha value is -0.360. The molecule has 32 heavy (non-hydrogen) atoms. The molecule has 0 aliphatic carbocycles. The highest BCUT2D eigenvalue weighted by molar-refractivity contribution is 4.60. The molecule has 0 N–H and O–H groups in total. The van der Waals surface area contributed by atoms with E-state index in [1.54, 1.807) is 28.4 Å². The van der Waals surface area contributed by atoms with Gasteiger partial charge in [0.1, 0.15) is 0 Å². The van der Waals surface area contributed by atoms with Crippen molar-refractivity contribution < 1.29 is 28.4 Å². The molecule has 0 aromatic carbocycles. The molecule has 2 aliphatic heterocycles. The summed E-state index contributed by atoms with van der Waals surface area (Å²) in [5.41, 5.74) is 0. The molecule has 0 aromatic rings. The number of morpholine rings is 2. The van der Waals surface area contributed by atoms with Gasteiger partial charge in [0, 0.05) is 67.8 Å². The van der Waals surface area contributed by atoms with Crippen LogP contribution in [0.2, 0.25) is 0 Å². The highest BCUT2D eigenvalue weighted by Crippen LogP contribution is 1.95. The molecule has 9 nitrogen and oxygen atoms in total. The van der Waals surface area contributed by atoms with E-state index in [1.807, 2.05) is 13.8 Å². The first-order valence-corrected chi connectivity index (χ1v) is 11.7. The third-order valence-corrected chi connectivity index (χ3v) is 4.56. The van der Waals surface area contributed by atoms with Crippen LogP contribution in [0.15, 0.2) is 0 Å². The maximum absolute atomic E-state index is 5.20. The summed E-state index contributed by atoms with van der Waals surface area (Å²) in [6.07, 6.45) is 1.51. The molecule has 0 radical (unpaired) electrons. The Morgan fingerprint density at radius 1 is 0.750 bits per heavy atom. The van der Waals surface area contributed by atoms with Crippen molar-refractivity contribution in [1.29, 1.82) is 0 Å². The van der Waals surface area contributed by atoms with Gasteiger partial charge in [-0.25, -0.2) is 0 Å². The largest absolute Gasteiger partial charge is 0.385 e. The quantitative estimate of drug-likeness (QED) is 0.445. The minimum Gasteiger partial charge on any atom is -0.385 e. The number of nitrogens with zero attached hydrogens (tertiary/aromatic N) is 3. The highest BCUT2D eigenvalue weighted by Gasteiger charge is 2.08. The van der Waals surface area contributed by atoms with Gasteiger partial charge in [-0.3, -0.25) is 9.80 Å². The van der Waals surface area contributed by atoms with Crippen molar-refractivity contribution in [2.24, 2.45) is 0 Å². The zero-order valence-corrected chi connectivity index (χ0v) is 22.3. The third kappa shape index (κ3) is 27.7. The maximum atomic E-state index is 5.20. The summed E-state index contributed by atoms with van der Waals surface area (Å²) in [5, 5.41) is 0. The predicted molar refractivity (Wildman–Crippen MR) is 131 cm³/mol. The Labute approximate surface area is 198 Å². The van der Waals surface area contributed by atoms with Gasteiger partial charge < -0.3 is 33.3 Å². The molecule has 2 saturated heterocycles. The van der Waals surface area contributed by atoms with E-state index in [0.29, 0.717) is 6.10 Å². The second-order valence-corrected chi connectivity index (χ2v) is 8.03. The van der Waals surface area contributed by atoms with Gasteiger partial charge >= 0.3 is 0 Å². The lowest BCUT2D eigenvalue weighted by atomic mass is 10.4. The van der Waals surface area contributed by atoms with E-state index in [9.17, 15) is 0 Å². The van der Waals surface area contributed by atoms with Crippen molar-refractivity contribution in [3.8, 4) is 0 Å². The summed E-state index contributed by atoms with van der Waals surface area (Å²) in [4.78, 5) is 6.73. The molecule has 2 heterocycles. The normalized spacial score (nSPS) is 17.1. The van der Waals surface area contributed by atoms with Crippen molar-refractivity contribution in [3.05, 3.63) is 0 Å². The molecule has 0 unspecified atom stereocenters. The van der Waals surface area contributed by atoms with Crippen LogP contribution in [0.3, 0.4) is 0 Å². The van der Waals surface area contributed by atoms with Gasteiger partial charge in [-0.05, 0) is 40.9 Å². The average molecular weight is 468 g/mol. The number of hydrogen-bond donors (Lipinski definition) is 0. The maximum Gasteiger partial charge on any atom is 0.0987 e. The van der Waals surface area contributed by atoms with Crippen LogP contribution in [0.4, 0.5) is 0 Å². The van der Waals surface area contributed by atoms with E-state index >= 15 is 0 Å². The van der Waals surface area contributed by atoms with Gasteiger partial charge in [0.15, 0.2) is 0 Å². The second-order valence-electron chi connectivity index (χ2n) is 8.03. The smallest absolute Gasteiger partial charge is 0.0987 e. The van der Waals surface area contributed by atoms with Crippen LogP contribution in [-0.2, 0) is 28.4 Å². The molecule has 0 bridgehead atoms. The van der Waals surface area contributed by atoms with Crippen molar-refractivity contribution in [1.82, 2.24) is 14.7 Å². The third-order valence-electron chi connectivity index (χ3n) is 4.56. The molecule has 0 spiro atoms. The Morgan fingerprint density at radius 3 is 1.59 bits per heavy atom. The monoisotopic (exact) mass is 467 g/mol. The van der Waals surface area contributed by atoms with Crippen molar-refractivity contribution in [2.75, 3.05) is 128 Å². The summed E-state index contributed by atoms with van der Waals surface area (Å²) in [7, 11) is 11.0. The Morgan fingerprint density at radius 2 is 1.22 bits per heavy atom. The average Bonchev–Trinajstić information content (AvgIpc) is 2.80. The molecule has 0 saturated carbocycles. The zero-order valence-electron chi connectivity index (χ0n) is 22.3. The van der Waals surface area contributed by atoms with Crippen LogP contribution >= 0.6 is 0 Å². The topological polar surface area (TPSA) is 65.1 Å². The first kappa shape index (κ1) is 33.8. The van der Waals surface area contributed by atoms with Crippen LogP contribution in [0.1, 0.15) is 20.3 Å². The molecular weight excluding hydrogens is 414 g/mol. The number of ether oxygens (including phenoxy) is 6. The fourth-order valence-electron chi connectivity index (χ4n) is 2.48. The van der Waals surface area contributed by atoms with Gasteiger partial charge in [-0.15, -0.1) is 0 Å². The number of methoxy groups -OCH3 is 4. The van der Waals surface area contributed by atoms with Gasteiger partial charge in [0.25, 0.3) is 0 Å². The standard InChI is InChI=1S/C7H15NO2.C6H13NO2.C6H15NO.C4H10O/c1-9-5-2-8-3-6-10-7-4-8;1-8-6-7-2-4-9-5-3-7;1-7(2)5-4-6-8-3;1-4(2)5-3/h2-7H2,1H3;2-6H2,1H3;4-6H2,1-3H3;4H,1-3H3. The van der Waals surface area contributed by atoms with E-state index in [0.717, 1.165) is 92.1 Å². The molecule has 0 atom stereocenters. The van der Waals surface area contributed by atoms with Crippen LogP contribution in [0.25, 0.3) is 0 Å². The molecule has 2 rings (SSSR count). The summed E-state index contributed by atoms with van der Waals surface area (Å²) in [6.45, 7) is 16.2. The minimum atomic E-state index is 0.384. The minimum absolute atomic E-state index is 0.384.